The molecule has 5 heteroatoms. The molecule has 5 nitrogen and oxygen atoms in total. The molecule has 1 saturated heterocycles. The Bertz CT molecular complexity index is 145. The Hall–Kier alpha value is -0.200. The van der Waals surface area contributed by atoms with Crippen LogP contribution in [-0.2, 0) is 23.7 Å². The molecule has 84 valence electrons. The summed E-state index contributed by atoms with van der Waals surface area (Å²) in [5.41, 5.74) is 0. The van der Waals surface area contributed by atoms with Crippen molar-refractivity contribution in [2.75, 3.05) is 35.0 Å². The van der Waals surface area contributed by atoms with Crippen molar-refractivity contribution in [3.8, 4) is 0 Å². The van der Waals surface area contributed by atoms with Crippen molar-refractivity contribution in [1.82, 2.24) is 0 Å². The second-order valence-electron chi connectivity index (χ2n) is 3.11. The van der Waals surface area contributed by atoms with E-state index >= 15 is 0 Å². The van der Waals surface area contributed by atoms with Gasteiger partial charge in [0.1, 0.15) is 18.3 Å². The fraction of sp³-hybridized carbons (Fsp3) is 1.00. The van der Waals surface area contributed by atoms with E-state index in [1.54, 1.807) is 28.4 Å². The molecule has 0 aromatic heterocycles. The highest BCUT2D eigenvalue weighted by Crippen LogP contribution is 2.22. The van der Waals surface area contributed by atoms with Gasteiger partial charge in [-0.1, -0.05) is 0 Å². The maximum absolute atomic E-state index is 5.41. The first-order valence-electron chi connectivity index (χ1n) is 4.51. The third kappa shape index (κ3) is 2.24. The minimum atomic E-state index is -0.392. The van der Waals surface area contributed by atoms with Crippen LogP contribution >= 0.6 is 0 Å². The van der Waals surface area contributed by atoms with Gasteiger partial charge < -0.3 is 23.7 Å². The molecule has 0 amide bonds. The third-order valence-electron chi connectivity index (χ3n) is 2.46. The molecule has 1 aliphatic rings. The standard InChI is InChI=1S/C9H18O5/c1-10-6-5-14-9(13-4)8(12-3)7(6)11-2/h6-9H,5H2,1-4H3/t6-,7-,8-,9-/m0/s1. The molecule has 0 bridgehead atoms. The van der Waals surface area contributed by atoms with Crippen molar-refractivity contribution in [3.63, 3.8) is 0 Å². The van der Waals surface area contributed by atoms with Crippen LogP contribution < -0.4 is 0 Å². The summed E-state index contributed by atoms with van der Waals surface area (Å²) in [6.07, 6.45) is -0.930. The lowest BCUT2D eigenvalue weighted by molar-refractivity contribution is -0.276. The monoisotopic (exact) mass is 206 g/mol. The van der Waals surface area contributed by atoms with Gasteiger partial charge in [0.05, 0.1) is 6.61 Å². The van der Waals surface area contributed by atoms with E-state index in [9.17, 15) is 0 Å². The summed E-state index contributed by atoms with van der Waals surface area (Å²) < 4.78 is 26.4. The molecule has 0 saturated carbocycles. The van der Waals surface area contributed by atoms with Crippen molar-refractivity contribution in [1.29, 1.82) is 0 Å². The maximum Gasteiger partial charge on any atom is 0.186 e. The topological polar surface area (TPSA) is 46.2 Å². The van der Waals surface area contributed by atoms with E-state index in [-0.39, 0.29) is 18.3 Å². The molecule has 1 rings (SSSR count). The zero-order valence-electron chi connectivity index (χ0n) is 9.06. The van der Waals surface area contributed by atoms with Crippen LogP contribution in [0.3, 0.4) is 0 Å². The summed E-state index contributed by atoms with van der Waals surface area (Å²) >= 11 is 0. The molecule has 0 aromatic carbocycles. The van der Waals surface area contributed by atoms with Gasteiger partial charge in [-0.05, 0) is 0 Å². The molecule has 1 heterocycles. The Morgan fingerprint density at radius 3 is 1.93 bits per heavy atom. The van der Waals surface area contributed by atoms with Gasteiger partial charge in [0, 0.05) is 28.4 Å². The van der Waals surface area contributed by atoms with Gasteiger partial charge in [0.2, 0.25) is 0 Å². The first-order valence-corrected chi connectivity index (χ1v) is 4.51. The van der Waals surface area contributed by atoms with E-state index in [2.05, 4.69) is 0 Å². The van der Waals surface area contributed by atoms with E-state index < -0.39 is 6.29 Å². The summed E-state index contributed by atoms with van der Waals surface area (Å²) in [5, 5.41) is 0. The highest BCUT2D eigenvalue weighted by Gasteiger charge is 2.41. The van der Waals surface area contributed by atoms with Crippen molar-refractivity contribution in [2.24, 2.45) is 0 Å². The lowest BCUT2D eigenvalue weighted by Crippen LogP contribution is -2.55. The van der Waals surface area contributed by atoms with Crippen molar-refractivity contribution < 1.29 is 23.7 Å². The minimum Gasteiger partial charge on any atom is -0.376 e. The number of hydrogen-bond acceptors (Lipinski definition) is 5. The lowest BCUT2D eigenvalue weighted by atomic mass is 10.0. The van der Waals surface area contributed by atoms with Gasteiger partial charge in [-0.3, -0.25) is 0 Å². The fourth-order valence-electron chi connectivity index (χ4n) is 1.68. The van der Waals surface area contributed by atoms with Gasteiger partial charge in [-0.2, -0.15) is 0 Å². The van der Waals surface area contributed by atoms with Crippen molar-refractivity contribution in [2.45, 2.75) is 24.6 Å². The van der Waals surface area contributed by atoms with E-state index in [0.29, 0.717) is 6.61 Å². The van der Waals surface area contributed by atoms with E-state index in [4.69, 9.17) is 23.7 Å². The largest absolute Gasteiger partial charge is 0.376 e. The average molecular weight is 206 g/mol. The molecule has 0 unspecified atom stereocenters. The van der Waals surface area contributed by atoms with Crippen LogP contribution in [0.4, 0.5) is 0 Å². The minimum absolute atomic E-state index is 0.114. The van der Waals surface area contributed by atoms with Crippen LogP contribution in [0, 0.1) is 0 Å². The molecule has 0 aliphatic carbocycles. The Labute approximate surface area is 84.2 Å². The predicted molar refractivity (Wildman–Crippen MR) is 49.1 cm³/mol. The zero-order valence-corrected chi connectivity index (χ0v) is 9.06. The molecular formula is C9H18O5. The first kappa shape index (κ1) is 11.9. The highest BCUT2D eigenvalue weighted by atomic mass is 16.7. The predicted octanol–water partition coefficient (Wildman–Crippen LogP) is 0.0341. The molecule has 0 spiro atoms. The molecule has 0 radical (unpaired) electrons. The van der Waals surface area contributed by atoms with Crippen molar-refractivity contribution in [3.05, 3.63) is 0 Å². The SMILES string of the molecule is CO[C@H]1OC[C@H](OC)[C@H](OC)[C@@H]1OC. The summed E-state index contributed by atoms with van der Waals surface area (Å²) in [4.78, 5) is 0. The maximum atomic E-state index is 5.41. The molecule has 0 N–H and O–H groups in total. The highest BCUT2D eigenvalue weighted by molar-refractivity contribution is 4.85. The van der Waals surface area contributed by atoms with E-state index in [1.807, 2.05) is 0 Å². The Morgan fingerprint density at radius 2 is 1.50 bits per heavy atom. The van der Waals surface area contributed by atoms with Crippen LogP contribution in [0.2, 0.25) is 0 Å². The Kier molecular flexibility index (Phi) is 4.77. The van der Waals surface area contributed by atoms with E-state index in [1.165, 1.54) is 0 Å². The average Bonchev–Trinajstić information content (AvgIpc) is 2.26. The number of methoxy groups -OCH3 is 4. The summed E-state index contributed by atoms with van der Waals surface area (Å²) in [6.45, 7) is 0.452. The molecular weight excluding hydrogens is 188 g/mol. The molecule has 1 aliphatic heterocycles. The second kappa shape index (κ2) is 5.63. The second-order valence-corrected chi connectivity index (χ2v) is 3.11. The zero-order chi connectivity index (χ0) is 10.6. The number of hydrogen-bond donors (Lipinski definition) is 0. The summed E-state index contributed by atoms with van der Waals surface area (Å²) in [5.74, 6) is 0. The normalized spacial score (nSPS) is 38.6. The molecule has 14 heavy (non-hydrogen) atoms. The lowest BCUT2D eigenvalue weighted by Gasteiger charge is -2.39. The van der Waals surface area contributed by atoms with Crippen molar-refractivity contribution >= 4 is 0 Å². The third-order valence-corrected chi connectivity index (χ3v) is 2.46. The smallest absolute Gasteiger partial charge is 0.186 e. The quantitative estimate of drug-likeness (QED) is 0.649. The van der Waals surface area contributed by atoms with Gasteiger partial charge in [0.15, 0.2) is 6.29 Å². The van der Waals surface area contributed by atoms with Gasteiger partial charge in [-0.15, -0.1) is 0 Å². The van der Waals surface area contributed by atoms with Crippen LogP contribution in [-0.4, -0.2) is 59.6 Å². The Morgan fingerprint density at radius 1 is 0.857 bits per heavy atom. The molecule has 1 fully saturated rings. The van der Waals surface area contributed by atoms with Gasteiger partial charge in [0.25, 0.3) is 0 Å². The number of rotatable bonds is 4. The number of ether oxygens (including phenoxy) is 5. The molecule has 4 atom stereocenters. The van der Waals surface area contributed by atoms with Crippen LogP contribution in [0.5, 0.6) is 0 Å². The molecule has 0 aromatic rings. The van der Waals surface area contributed by atoms with Crippen LogP contribution in [0.25, 0.3) is 0 Å². The Balaban J connectivity index is 2.67. The summed E-state index contributed by atoms with van der Waals surface area (Å²) in [7, 11) is 6.43. The van der Waals surface area contributed by atoms with Gasteiger partial charge in [-0.25, -0.2) is 0 Å². The van der Waals surface area contributed by atoms with Crippen LogP contribution in [0.15, 0.2) is 0 Å². The van der Waals surface area contributed by atoms with Gasteiger partial charge >= 0.3 is 0 Å². The fourth-order valence-corrected chi connectivity index (χ4v) is 1.68. The van der Waals surface area contributed by atoms with E-state index in [0.717, 1.165) is 0 Å². The summed E-state index contributed by atoms with van der Waals surface area (Å²) in [6, 6.07) is 0. The first-order chi connectivity index (χ1) is 6.78. The van der Waals surface area contributed by atoms with Crippen LogP contribution in [0.1, 0.15) is 0 Å².